The largest absolute Gasteiger partial charge is 0.383 e. The maximum atomic E-state index is 11.2. The van der Waals surface area contributed by atoms with E-state index in [4.69, 9.17) is 11.5 Å². The van der Waals surface area contributed by atoms with Gasteiger partial charge in [0, 0.05) is 0 Å². The Morgan fingerprint density at radius 2 is 2.00 bits per heavy atom. The monoisotopic (exact) mass is 232 g/mol. The van der Waals surface area contributed by atoms with E-state index in [0.717, 1.165) is 0 Å². The van der Waals surface area contributed by atoms with Crippen LogP contribution in [0, 0.1) is 10.1 Å². The van der Waals surface area contributed by atoms with Gasteiger partial charge in [0.25, 0.3) is 11.6 Å². The van der Waals surface area contributed by atoms with E-state index in [0.29, 0.717) is 5.52 Å². The summed E-state index contributed by atoms with van der Waals surface area (Å²) < 4.78 is 0. The molecule has 1 aromatic heterocycles. The Balaban J connectivity index is 2.99. The van der Waals surface area contributed by atoms with E-state index in [9.17, 15) is 14.9 Å². The molecule has 7 nitrogen and oxygen atoms in total. The van der Waals surface area contributed by atoms with Crippen LogP contribution in [0.3, 0.4) is 0 Å². The summed E-state index contributed by atoms with van der Waals surface area (Å²) in [6.45, 7) is 0. The quantitative estimate of drug-likeness (QED) is 0.585. The van der Waals surface area contributed by atoms with Gasteiger partial charge in [0.1, 0.15) is 5.82 Å². The highest BCUT2D eigenvalue weighted by Gasteiger charge is 2.26. The number of nitrogens with zero attached hydrogens (tertiary/aromatic N) is 2. The number of primary amides is 1. The molecule has 2 aromatic rings. The maximum absolute atomic E-state index is 11.2. The molecule has 86 valence electrons. The van der Waals surface area contributed by atoms with Gasteiger partial charge in [-0.15, -0.1) is 0 Å². The molecule has 0 atom stereocenters. The number of benzene rings is 1. The summed E-state index contributed by atoms with van der Waals surface area (Å²) in [6, 6.07) is 6.34. The van der Waals surface area contributed by atoms with Crippen molar-refractivity contribution in [2.45, 2.75) is 0 Å². The fraction of sp³-hybridized carbons (Fsp3) is 0. The Kier molecular flexibility index (Phi) is 2.36. The molecule has 1 aromatic carbocycles. The minimum Gasteiger partial charge on any atom is -0.383 e. The number of hydrogen-bond acceptors (Lipinski definition) is 5. The molecule has 4 N–H and O–H groups in total. The molecule has 1 heterocycles. The summed E-state index contributed by atoms with van der Waals surface area (Å²) in [5.41, 5.74) is 10.2. The highest BCUT2D eigenvalue weighted by molar-refractivity contribution is 6.07. The molecule has 7 heteroatoms. The van der Waals surface area contributed by atoms with Crippen molar-refractivity contribution in [3.05, 3.63) is 39.9 Å². The summed E-state index contributed by atoms with van der Waals surface area (Å²) in [7, 11) is 0. The number of carbonyl (C=O) groups excluding carboxylic acids is 1. The molecule has 0 bridgehead atoms. The van der Waals surface area contributed by atoms with Gasteiger partial charge in [-0.05, 0) is 12.1 Å². The molecular weight excluding hydrogens is 224 g/mol. The van der Waals surface area contributed by atoms with Crippen LogP contribution in [0.5, 0.6) is 0 Å². The third-order valence-corrected chi connectivity index (χ3v) is 2.32. The number of nitrogens with two attached hydrogens (primary N) is 2. The van der Waals surface area contributed by atoms with Crippen molar-refractivity contribution in [3.63, 3.8) is 0 Å². The molecule has 17 heavy (non-hydrogen) atoms. The van der Waals surface area contributed by atoms with Crippen molar-refractivity contribution < 1.29 is 9.72 Å². The van der Waals surface area contributed by atoms with E-state index in [1.807, 2.05) is 0 Å². The van der Waals surface area contributed by atoms with Gasteiger partial charge in [0.2, 0.25) is 0 Å². The second kappa shape index (κ2) is 3.71. The zero-order valence-electron chi connectivity index (χ0n) is 8.58. The molecule has 0 unspecified atom stereocenters. The first-order chi connectivity index (χ1) is 8.02. The van der Waals surface area contributed by atoms with Gasteiger partial charge in [0.05, 0.1) is 15.8 Å². The smallest absolute Gasteiger partial charge is 0.295 e. The predicted octanol–water partition coefficient (Wildman–Crippen LogP) is 0.824. The van der Waals surface area contributed by atoms with E-state index in [1.54, 1.807) is 18.2 Å². The van der Waals surface area contributed by atoms with Crippen LogP contribution in [-0.4, -0.2) is 15.8 Å². The van der Waals surface area contributed by atoms with E-state index < -0.39 is 16.5 Å². The highest BCUT2D eigenvalue weighted by Crippen LogP contribution is 2.31. The summed E-state index contributed by atoms with van der Waals surface area (Å²) in [5, 5.41) is 11.2. The van der Waals surface area contributed by atoms with E-state index in [-0.39, 0.29) is 16.8 Å². The Labute approximate surface area is 95.2 Å². The molecule has 2 rings (SSSR count). The molecule has 0 saturated heterocycles. The van der Waals surface area contributed by atoms with Crippen molar-refractivity contribution in [2.24, 2.45) is 5.73 Å². The van der Waals surface area contributed by atoms with Crippen molar-refractivity contribution in [1.82, 2.24) is 4.98 Å². The molecule has 0 saturated carbocycles. The van der Waals surface area contributed by atoms with Gasteiger partial charge in [-0.3, -0.25) is 14.9 Å². The number of amides is 1. The lowest BCUT2D eigenvalue weighted by molar-refractivity contribution is -0.383. The SMILES string of the molecule is NC(=O)c1c(N)nc2ccccc2c1[N+](=O)[O-]. The van der Waals surface area contributed by atoms with Crippen molar-refractivity contribution in [3.8, 4) is 0 Å². The van der Waals surface area contributed by atoms with Crippen LogP contribution in [-0.2, 0) is 0 Å². The van der Waals surface area contributed by atoms with Gasteiger partial charge in [0.15, 0.2) is 5.56 Å². The van der Waals surface area contributed by atoms with Crippen LogP contribution < -0.4 is 11.5 Å². The average Bonchev–Trinajstić information content (AvgIpc) is 2.26. The van der Waals surface area contributed by atoms with E-state index >= 15 is 0 Å². The van der Waals surface area contributed by atoms with E-state index in [2.05, 4.69) is 4.98 Å². The van der Waals surface area contributed by atoms with Crippen LogP contribution in [0.15, 0.2) is 24.3 Å². The predicted molar refractivity (Wildman–Crippen MR) is 61.3 cm³/mol. The van der Waals surface area contributed by atoms with E-state index in [1.165, 1.54) is 6.07 Å². The lowest BCUT2D eigenvalue weighted by atomic mass is 10.1. The Morgan fingerprint density at radius 3 is 2.59 bits per heavy atom. The third kappa shape index (κ3) is 1.63. The van der Waals surface area contributed by atoms with Gasteiger partial charge < -0.3 is 11.5 Å². The number of nitrogen functional groups attached to an aromatic ring is 1. The van der Waals surface area contributed by atoms with Crippen LogP contribution in [0.4, 0.5) is 11.5 Å². The number of rotatable bonds is 2. The highest BCUT2D eigenvalue weighted by atomic mass is 16.6. The zero-order chi connectivity index (χ0) is 12.6. The second-order valence-electron chi connectivity index (χ2n) is 3.36. The number of hydrogen-bond donors (Lipinski definition) is 2. The lowest BCUT2D eigenvalue weighted by Gasteiger charge is -2.05. The Bertz CT molecular complexity index is 639. The molecule has 0 spiro atoms. The minimum atomic E-state index is -0.965. The third-order valence-electron chi connectivity index (χ3n) is 2.32. The summed E-state index contributed by atoms with van der Waals surface area (Å²) in [4.78, 5) is 25.4. The molecule has 0 radical (unpaired) electrons. The number of pyridine rings is 1. The van der Waals surface area contributed by atoms with Gasteiger partial charge in [-0.25, -0.2) is 4.98 Å². The van der Waals surface area contributed by atoms with Gasteiger partial charge >= 0.3 is 0 Å². The summed E-state index contributed by atoms with van der Waals surface area (Å²) >= 11 is 0. The molecule has 0 aliphatic carbocycles. The minimum absolute atomic E-state index is 0.233. The molecule has 1 amide bonds. The second-order valence-corrected chi connectivity index (χ2v) is 3.36. The van der Waals surface area contributed by atoms with Crippen LogP contribution in [0.1, 0.15) is 10.4 Å². The molecular formula is C10H8N4O3. The normalized spacial score (nSPS) is 10.4. The van der Waals surface area contributed by atoms with Crippen molar-refractivity contribution >= 4 is 28.3 Å². The molecule has 0 aliphatic heterocycles. The number of nitro groups is 1. The number of anilines is 1. The number of fused-ring (bicyclic) bond motifs is 1. The van der Waals surface area contributed by atoms with Crippen LogP contribution >= 0.6 is 0 Å². The van der Waals surface area contributed by atoms with Crippen molar-refractivity contribution in [1.29, 1.82) is 0 Å². The number of para-hydroxylation sites is 1. The van der Waals surface area contributed by atoms with Gasteiger partial charge in [-0.1, -0.05) is 12.1 Å². The number of carbonyl (C=O) groups is 1. The lowest BCUT2D eigenvalue weighted by Crippen LogP contribution is -2.17. The summed E-state index contributed by atoms with van der Waals surface area (Å²) in [5.74, 6) is -1.20. The van der Waals surface area contributed by atoms with Crippen molar-refractivity contribution in [2.75, 3.05) is 5.73 Å². The summed E-state index contributed by atoms with van der Waals surface area (Å²) in [6.07, 6.45) is 0. The van der Waals surface area contributed by atoms with Crippen LogP contribution in [0.2, 0.25) is 0 Å². The molecule has 0 aliphatic rings. The fourth-order valence-corrected chi connectivity index (χ4v) is 1.65. The standard InChI is InChI=1S/C10H8N4O3/c11-9-7(10(12)15)8(14(16)17)5-3-1-2-4-6(5)13-9/h1-4H,(H2,11,13)(H2,12,15). The van der Waals surface area contributed by atoms with Gasteiger partial charge in [-0.2, -0.15) is 0 Å². The first-order valence-corrected chi connectivity index (χ1v) is 4.64. The first kappa shape index (κ1) is 10.8. The average molecular weight is 232 g/mol. The Morgan fingerprint density at radius 1 is 1.35 bits per heavy atom. The maximum Gasteiger partial charge on any atom is 0.295 e. The Hall–Kier alpha value is -2.70. The zero-order valence-corrected chi connectivity index (χ0v) is 8.58. The topological polar surface area (TPSA) is 125 Å². The number of aromatic nitrogens is 1. The fourth-order valence-electron chi connectivity index (χ4n) is 1.65. The first-order valence-electron chi connectivity index (χ1n) is 4.64. The molecule has 0 fully saturated rings. The van der Waals surface area contributed by atoms with Crippen LogP contribution in [0.25, 0.3) is 10.9 Å².